The van der Waals surface area contributed by atoms with Crippen molar-refractivity contribution in [2.45, 2.75) is 23.4 Å². The van der Waals surface area contributed by atoms with Gasteiger partial charge in [0.2, 0.25) is 11.8 Å². The van der Waals surface area contributed by atoms with E-state index in [4.69, 9.17) is 4.42 Å². The summed E-state index contributed by atoms with van der Waals surface area (Å²) in [6, 6.07) is 12.6. The van der Waals surface area contributed by atoms with Gasteiger partial charge in [-0.2, -0.15) is 0 Å². The molecule has 0 N–H and O–H groups in total. The first-order valence-corrected chi connectivity index (χ1v) is 9.81. The third-order valence-corrected chi connectivity index (χ3v) is 6.13. The molecule has 0 aliphatic heterocycles. The Kier molecular flexibility index (Phi) is 4.63. The average molecular weight is 398 g/mol. The van der Waals surface area contributed by atoms with Crippen LogP contribution >= 0.6 is 23.1 Å². The molecule has 4 aromatic rings. The molecule has 4 rings (SSSR count). The molecule has 0 fully saturated rings. The third kappa shape index (κ3) is 3.69. The first-order chi connectivity index (χ1) is 13.0. The summed E-state index contributed by atoms with van der Waals surface area (Å²) in [7, 11) is 0. The maximum absolute atomic E-state index is 10.9. The summed E-state index contributed by atoms with van der Waals surface area (Å²) in [4.78, 5) is 15.0. The number of nitro groups is 1. The van der Waals surface area contributed by atoms with Gasteiger partial charge in [0.1, 0.15) is 0 Å². The molecule has 0 saturated heterocycles. The second-order valence-electron chi connectivity index (χ2n) is 5.96. The van der Waals surface area contributed by atoms with Gasteiger partial charge in [-0.05, 0) is 32.0 Å². The zero-order valence-corrected chi connectivity index (χ0v) is 16.1. The van der Waals surface area contributed by atoms with Gasteiger partial charge in [0.25, 0.3) is 5.69 Å². The van der Waals surface area contributed by atoms with Gasteiger partial charge >= 0.3 is 0 Å². The van der Waals surface area contributed by atoms with Crippen molar-refractivity contribution in [1.82, 2.24) is 15.2 Å². The molecule has 2 aromatic carbocycles. The van der Waals surface area contributed by atoms with Crippen LogP contribution in [0.2, 0.25) is 0 Å². The zero-order valence-electron chi connectivity index (χ0n) is 14.4. The molecule has 0 aliphatic carbocycles. The summed E-state index contributed by atoms with van der Waals surface area (Å²) >= 11 is 2.90. The number of hydrogen-bond acceptors (Lipinski definition) is 8. The van der Waals surface area contributed by atoms with E-state index < -0.39 is 4.92 Å². The predicted molar refractivity (Wildman–Crippen MR) is 105 cm³/mol. The van der Waals surface area contributed by atoms with Crippen molar-refractivity contribution in [3.05, 3.63) is 64.0 Å². The van der Waals surface area contributed by atoms with Crippen LogP contribution in [0.5, 0.6) is 0 Å². The molecule has 2 heterocycles. The number of benzene rings is 2. The molecule has 9 heteroatoms. The third-order valence-electron chi connectivity index (χ3n) is 3.93. The number of nitro benzene ring substituents is 1. The predicted octanol–water partition coefficient (Wildman–Crippen LogP) is 5.42. The van der Waals surface area contributed by atoms with Crippen molar-refractivity contribution in [3.8, 4) is 11.5 Å². The van der Waals surface area contributed by atoms with E-state index >= 15 is 0 Å². The van der Waals surface area contributed by atoms with Gasteiger partial charge in [-0.25, -0.2) is 4.98 Å². The minimum Gasteiger partial charge on any atom is -0.419 e. The van der Waals surface area contributed by atoms with Crippen molar-refractivity contribution < 1.29 is 9.34 Å². The lowest BCUT2D eigenvalue weighted by atomic mass is 10.1. The molecule has 0 spiro atoms. The van der Waals surface area contributed by atoms with E-state index in [1.54, 1.807) is 12.1 Å². The average Bonchev–Trinajstić information content (AvgIpc) is 3.28. The normalized spacial score (nSPS) is 12.4. The molecule has 1 atom stereocenters. The monoisotopic (exact) mass is 398 g/mol. The van der Waals surface area contributed by atoms with E-state index in [9.17, 15) is 10.1 Å². The van der Waals surface area contributed by atoms with E-state index in [-0.39, 0.29) is 10.9 Å². The van der Waals surface area contributed by atoms with Crippen molar-refractivity contribution in [2.75, 3.05) is 0 Å². The Labute approximate surface area is 162 Å². The van der Waals surface area contributed by atoms with Gasteiger partial charge in [0.15, 0.2) is 4.34 Å². The highest BCUT2D eigenvalue weighted by atomic mass is 32.2. The molecule has 0 bridgehead atoms. The Morgan fingerprint density at radius 2 is 1.96 bits per heavy atom. The van der Waals surface area contributed by atoms with Crippen LogP contribution in [0.25, 0.3) is 21.7 Å². The van der Waals surface area contributed by atoms with Crippen LogP contribution in [0.3, 0.4) is 0 Å². The summed E-state index contributed by atoms with van der Waals surface area (Å²) in [5.74, 6) is 0.998. The number of non-ortho nitro benzene ring substituents is 1. The van der Waals surface area contributed by atoms with Crippen LogP contribution in [0.15, 0.2) is 51.2 Å². The molecular weight excluding hydrogens is 384 g/mol. The van der Waals surface area contributed by atoms with Gasteiger partial charge in [0, 0.05) is 17.7 Å². The second-order valence-corrected chi connectivity index (χ2v) is 8.58. The van der Waals surface area contributed by atoms with Crippen molar-refractivity contribution in [1.29, 1.82) is 0 Å². The van der Waals surface area contributed by atoms with Crippen LogP contribution in [-0.4, -0.2) is 20.1 Å². The Morgan fingerprint density at radius 1 is 1.19 bits per heavy atom. The number of aryl methyl sites for hydroxylation is 1. The number of thioether (sulfide) groups is 1. The van der Waals surface area contributed by atoms with Gasteiger partial charge in [-0.3, -0.25) is 10.1 Å². The van der Waals surface area contributed by atoms with Crippen LogP contribution in [-0.2, 0) is 0 Å². The Balaban J connectivity index is 1.53. The van der Waals surface area contributed by atoms with Crippen molar-refractivity contribution >= 4 is 39.0 Å². The number of rotatable bonds is 5. The first-order valence-electron chi connectivity index (χ1n) is 8.11. The molecule has 2 aromatic heterocycles. The van der Waals surface area contributed by atoms with Gasteiger partial charge in [-0.1, -0.05) is 29.5 Å². The summed E-state index contributed by atoms with van der Waals surface area (Å²) in [6.07, 6.45) is 0. The molecule has 0 amide bonds. The van der Waals surface area contributed by atoms with Gasteiger partial charge < -0.3 is 4.42 Å². The fourth-order valence-corrected chi connectivity index (χ4v) is 4.74. The summed E-state index contributed by atoms with van der Waals surface area (Å²) < 4.78 is 7.39. The van der Waals surface area contributed by atoms with Crippen LogP contribution in [0.1, 0.15) is 23.6 Å². The van der Waals surface area contributed by atoms with Crippen LogP contribution < -0.4 is 0 Å². The lowest BCUT2D eigenvalue weighted by Gasteiger charge is -2.02. The smallest absolute Gasteiger partial charge is 0.270 e. The van der Waals surface area contributed by atoms with Gasteiger partial charge in [0.05, 0.1) is 20.4 Å². The lowest BCUT2D eigenvalue weighted by Crippen LogP contribution is -1.88. The van der Waals surface area contributed by atoms with E-state index in [1.165, 1.54) is 34.7 Å². The summed E-state index contributed by atoms with van der Waals surface area (Å²) in [5.41, 5.74) is 2.85. The minimum absolute atomic E-state index is 0.0652. The number of thiazole rings is 1. The highest BCUT2D eigenvalue weighted by Crippen LogP contribution is 2.39. The van der Waals surface area contributed by atoms with Crippen molar-refractivity contribution in [2.24, 2.45) is 0 Å². The second kappa shape index (κ2) is 7.09. The van der Waals surface area contributed by atoms with E-state index in [0.717, 1.165) is 20.1 Å². The molecule has 136 valence electrons. The number of aromatic nitrogens is 3. The number of fused-ring (bicyclic) bond motifs is 1. The molecule has 0 aliphatic rings. The van der Waals surface area contributed by atoms with Crippen LogP contribution in [0, 0.1) is 17.0 Å². The van der Waals surface area contributed by atoms with Crippen molar-refractivity contribution in [3.63, 3.8) is 0 Å². The Hall–Kier alpha value is -2.78. The highest BCUT2D eigenvalue weighted by Gasteiger charge is 2.19. The Bertz CT molecular complexity index is 1120. The first kappa shape index (κ1) is 17.6. The molecule has 0 radical (unpaired) electrons. The maximum Gasteiger partial charge on any atom is 0.270 e. The Morgan fingerprint density at radius 3 is 2.70 bits per heavy atom. The summed E-state index contributed by atoms with van der Waals surface area (Å²) in [5, 5.41) is 19.1. The molecule has 27 heavy (non-hydrogen) atoms. The molecule has 0 saturated carbocycles. The largest absolute Gasteiger partial charge is 0.419 e. The topological polar surface area (TPSA) is 95.0 Å². The standard InChI is InChI=1S/C18H14N4O3S2/c1-10-3-5-12(6-4-10)17-21-20-16(25-17)11(2)26-18-19-14-8-7-13(22(23)24)9-15(14)27-18/h3-9,11H,1-2H3/t11-/m0/s1. The fraction of sp³-hybridized carbons (Fsp3) is 0.167. The molecule has 0 unspecified atom stereocenters. The van der Waals surface area contributed by atoms with Crippen LogP contribution in [0.4, 0.5) is 5.69 Å². The lowest BCUT2D eigenvalue weighted by molar-refractivity contribution is -0.384. The summed E-state index contributed by atoms with van der Waals surface area (Å²) in [6.45, 7) is 3.99. The quantitative estimate of drug-likeness (QED) is 0.252. The van der Waals surface area contributed by atoms with E-state index in [2.05, 4.69) is 15.2 Å². The van der Waals surface area contributed by atoms with E-state index in [1.807, 2.05) is 38.1 Å². The van der Waals surface area contributed by atoms with Gasteiger partial charge in [-0.15, -0.1) is 21.5 Å². The number of nitrogens with zero attached hydrogens (tertiary/aromatic N) is 4. The molecular formula is C18H14N4O3S2. The molecule has 7 nitrogen and oxygen atoms in total. The highest BCUT2D eigenvalue weighted by molar-refractivity contribution is 8.01. The SMILES string of the molecule is Cc1ccc(-c2nnc([C@H](C)Sc3nc4ccc([N+](=O)[O-])cc4s3)o2)cc1. The maximum atomic E-state index is 10.9. The zero-order chi connectivity index (χ0) is 19.0. The fourth-order valence-electron chi connectivity index (χ4n) is 2.47. The van der Waals surface area contributed by atoms with E-state index in [0.29, 0.717) is 11.8 Å². The minimum atomic E-state index is -0.403. The number of hydrogen-bond donors (Lipinski definition) is 0.